The molecule has 1 saturated heterocycles. The average Bonchev–Trinajstić information content (AvgIpc) is 2.10. The van der Waals surface area contributed by atoms with Crippen molar-refractivity contribution in [3.05, 3.63) is 0 Å². The maximum absolute atomic E-state index is 9.81. The van der Waals surface area contributed by atoms with E-state index >= 15 is 0 Å². The molecule has 0 saturated carbocycles. The van der Waals surface area contributed by atoms with E-state index in [2.05, 4.69) is 18.7 Å². The first kappa shape index (κ1) is 9.96. The second-order valence-corrected chi connectivity index (χ2v) is 4.11. The van der Waals surface area contributed by atoms with Gasteiger partial charge in [-0.3, -0.25) is 4.90 Å². The molecule has 3 heteroatoms. The molecule has 0 bridgehead atoms. The predicted molar refractivity (Wildman–Crippen MR) is 48.2 cm³/mol. The fourth-order valence-corrected chi connectivity index (χ4v) is 1.48. The lowest BCUT2D eigenvalue weighted by Crippen LogP contribution is -2.44. The molecule has 1 rings (SSSR count). The summed E-state index contributed by atoms with van der Waals surface area (Å²) in [6, 6.07) is 0.484. The summed E-state index contributed by atoms with van der Waals surface area (Å²) in [7, 11) is 0. The molecule has 0 spiro atoms. The van der Waals surface area contributed by atoms with E-state index in [-0.39, 0.29) is 0 Å². The van der Waals surface area contributed by atoms with Crippen molar-refractivity contribution in [1.29, 1.82) is 0 Å². The van der Waals surface area contributed by atoms with Crippen molar-refractivity contribution in [2.75, 3.05) is 26.3 Å². The number of rotatable bonds is 1. The second kappa shape index (κ2) is 3.73. The van der Waals surface area contributed by atoms with Gasteiger partial charge in [-0.05, 0) is 20.8 Å². The summed E-state index contributed by atoms with van der Waals surface area (Å²) in [4.78, 5) is 2.24. The van der Waals surface area contributed by atoms with E-state index < -0.39 is 5.60 Å². The number of ether oxygens (including phenoxy) is 1. The summed E-state index contributed by atoms with van der Waals surface area (Å²) < 4.78 is 5.30. The lowest BCUT2D eigenvalue weighted by molar-refractivity contribution is -0.0242. The van der Waals surface area contributed by atoms with Gasteiger partial charge in [0, 0.05) is 19.1 Å². The van der Waals surface area contributed by atoms with Crippen molar-refractivity contribution in [2.45, 2.75) is 32.4 Å². The highest BCUT2D eigenvalue weighted by molar-refractivity contribution is 4.81. The van der Waals surface area contributed by atoms with Crippen molar-refractivity contribution in [1.82, 2.24) is 4.90 Å². The quantitative estimate of drug-likeness (QED) is 0.626. The van der Waals surface area contributed by atoms with Gasteiger partial charge in [0.25, 0.3) is 0 Å². The Morgan fingerprint density at radius 2 is 2.17 bits per heavy atom. The lowest BCUT2D eigenvalue weighted by atomic mass is 10.1. The van der Waals surface area contributed by atoms with E-state index in [4.69, 9.17) is 4.74 Å². The Morgan fingerprint density at radius 1 is 1.50 bits per heavy atom. The molecule has 72 valence electrons. The van der Waals surface area contributed by atoms with Crippen molar-refractivity contribution < 1.29 is 9.84 Å². The largest absolute Gasteiger partial charge is 0.386 e. The summed E-state index contributed by atoms with van der Waals surface area (Å²) in [5, 5.41) is 9.81. The van der Waals surface area contributed by atoms with Crippen molar-refractivity contribution in [3.8, 4) is 0 Å². The van der Waals surface area contributed by atoms with Crippen molar-refractivity contribution in [3.63, 3.8) is 0 Å². The minimum absolute atomic E-state index is 0.455. The molecular weight excluding hydrogens is 154 g/mol. The molecule has 1 aliphatic heterocycles. The molecule has 0 amide bonds. The Morgan fingerprint density at radius 3 is 2.75 bits per heavy atom. The van der Waals surface area contributed by atoms with E-state index in [0.29, 0.717) is 19.2 Å². The molecule has 0 aromatic rings. The fourth-order valence-electron chi connectivity index (χ4n) is 1.48. The maximum atomic E-state index is 9.81. The Kier molecular flexibility index (Phi) is 3.09. The number of hydrogen-bond donors (Lipinski definition) is 1. The van der Waals surface area contributed by atoms with Gasteiger partial charge in [0.1, 0.15) is 0 Å². The highest BCUT2D eigenvalue weighted by Crippen LogP contribution is 2.13. The summed E-state index contributed by atoms with van der Waals surface area (Å²) in [5.74, 6) is 0. The van der Waals surface area contributed by atoms with Crippen LogP contribution in [-0.4, -0.2) is 48.0 Å². The molecular formula is C9H19NO2. The van der Waals surface area contributed by atoms with Crippen LogP contribution in [0.4, 0.5) is 0 Å². The molecule has 1 heterocycles. The number of nitrogens with zero attached hydrogens (tertiary/aromatic N) is 1. The van der Waals surface area contributed by atoms with Crippen LogP contribution in [0.3, 0.4) is 0 Å². The van der Waals surface area contributed by atoms with E-state index in [1.165, 1.54) is 0 Å². The SMILES string of the molecule is CC(C)N1CCOC[C@](C)(O)C1. The zero-order chi connectivity index (χ0) is 9.19. The van der Waals surface area contributed by atoms with Gasteiger partial charge in [0.15, 0.2) is 0 Å². The maximum Gasteiger partial charge on any atom is 0.0978 e. The summed E-state index contributed by atoms with van der Waals surface area (Å²) >= 11 is 0. The van der Waals surface area contributed by atoms with E-state index in [0.717, 1.165) is 13.2 Å². The second-order valence-electron chi connectivity index (χ2n) is 4.11. The molecule has 1 atom stereocenters. The molecule has 1 N–H and O–H groups in total. The van der Waals surface area contributed by atoms with Crippen LogP contribution in [0, 0.1) is 0 Å². The highest BCUT2D eigenvalue weighted by atomic mass is 16.5. The third-order valence-electron chi connectivity index (χ3n) is 2.21. The number of aliphatic hydroxyl groups is 1. The van der Waals surface area contributed by atoms with E-state index in [9.17, 15) is 5.11 Å². The van der Waals surface area contributed by atoms with Gasteiger partial charge in [0.05, 0.1) is 18.8 Å². The van der Waals surface area contributed by atoms with Crippen LogP contribution < -0.4 is 0 Å². The fraction of sp³-hybridized carbons (Fsp3) is 1.00. The molecule has 0 unspecified atom stereocenters. The molecule has 1 fully saturated rings. The Bertz CT molecular complexity index is 145. The van der Waals surface area contributed by atoms with E-state index in [1.54, 1.807) is 0 Å². The van der Waals surface area contributed by atoms with Crippen LogP contribution in [0.25, 0.3) is 0 Å². The summed E-state index contributed by atoms with van der Waals surface area (Å²) in [6.45, 7) is 8.93. The third-order valence-corrected chi connectivity index (χ3v) is 2.21. The standard InChI is InChI=1S/C9H19NO2/c1-8(2)10-4-5-12-7-9(3,11)6-10/h8,11H,4-7H2,1-3H3/t9-/m1/s1. The number of β-amino-alcohol motifs (C(OH)–C–C–N with tert-alkyl or cyclic N) is 1. The first-order valence-electron chi connectivity index (χ1n) is 4.55. The molecule has 0 radical (unpaired) electrons. The minimum atomic E-state index is -0.680. The summed E-state index contributed by atoms with van der Waals surface area (Å²) in [5.41, 5.74) is -0.680. The zero-order valence-electron chi connectivity index (χ0n) is 8.21. The normalized spacial score (nSPS) is 33.8. The van der Waals surface area contributed by atoms with E-state index in [1.807, 2.05) is 6.92 Å². The van der Waals surface area contributed by atoms with Gasteiger partial charge in [0.2, 0.25) is 0 Å². The minimum Gasteiger partial charge on any atom is -0.386 e. The molecule has 0 aromatic heterocycles. The smallest absolute Gasteiger partial charge is 0.0978 e. The average molecular weight is 173 g/mol. The van der Waals surface area contributed by atoms with Gasteiger partial charge in [-0.25, -0.2) is 0 Å². The van der Waals surface area contributed by atoms with Crippen LogP contribution in [0.1, 0.15) is 20.8 Å². The molecule has 0 aromatic carbocycles. The molecule has 3 nitrogen and oxygen atoms in total. The lowest BCUT2D eigenvalue weighted by Gasteiger charge is -2.29. The van der Waals surface area contributed by atoms with Gasteiger partial charge >= 0.3 is 0 Å². The van der Waals surface area contributed by atoms with Gasteiger partial charge in [-0.2, -0.15) is 0 Å². The van der Waals surface area contributed by atoms with Gasteiger partial charge in [-0.15, -0.1) is 0 Å². The highest BCUT2D eigenvalue weighted by Gasteiger charge is 2.28. The molecule has 1 aliphatic rings. The topological polar surface area (TPSA) is 32.7 Å². The van der Waals surface area contributed by atoms with Crippen molar-refractivity contribution in [2.24, 2.45) is 0 Å². The predicted octanol–water partition coefficient (Wildman–Crippen LogP) is 0.478. The molecule has 12 heavy (non-hydrogen) atoms. The van der Waals surface area contributed by atoms with Gasteiger partial charge in [-0.1, -0.05) is 0 Å². The Hall–Kier alpha value is -0.120. The summed E-state index contributed by atoms with van der Waals surface area (Å²) in [6.07, 6.45) is 0. The van der Waals surface area contributed by atoms with Crippen LogP contribution in [0.15, 0.2) is 0 Å². The van der Waals surface area contributed by atoms with Crippen LogP contribution in [-0.2, 0) is 4.74 Å². The first-order valence-corrected chi connectivity index (χ1v) is 4.55. The Balaban J connectivity index is 2.54. The van der Waals surface area contributed by atoms with Crippen LogP contribution >= 0.6 is 0 Å². The van der Waals surface area contributed by atoms with Gasteiger partial charge < -0.3 is 9.84 Å². The van der Waals surface area contributed by atoms with Crippen molar-refractivity contribution >= 4 is 0 Å². The number of hydrogen-bond acceptors (Lipinski definition) is 3. The Labute approximate surface area is 74.3 Å². The third kappa shape index (κ3) is 2.73. The zero-order valence-corrected chi connectivity index (χ0v) is 8.21. The van der Waals surface area contributed by atoms with Crippen LogP contribution in [0.2, 0.25) is 0 Å². The van der Waals surface area contributed by atoms with Crippen LogP contribution in [0.5, 0.6) is 0 Å². The monoisotopic (exact) mass is 173 g/mol. The first-order chi connectivity index (χ1) is 5.51. The molecule has 0 aliphatic carbocycles.